The van der Waals surface area contributed by atoms with Crippen LogP contribution in [0.3, 0.4) is 0 Å². The molecule has 2 saturated carbocycles. The molecule has 1 aliphatic heterocycles. The van der Waals surface area contributed by atoms with Crippen LogP contribution in [0, 0.1) is 16.7 Å². The van der Waals surface area contributed by atoms with Gasteiger partial charge in [0.2, 0.25) is 0 Å². The van der Waals surface area contributed by atoms with Gasteiger partial charge >= 0.3 is 5.97 Å². The Bertz CT molecular complexity index is 1080. The molecule has 0 amide bonds. The highest BCUT2D eigenvalue weighted by Gasteiger charge is 2.81. The lowest BCUT2D eigenvalue weighted by Crippen LogP contribution is -2.86. The number of aliphatic hydroxyl groups is 3. The number of aliphatic hydroxyl groups excluding tert-OH is 2. The normalized spacial score (nSPS) is 43.8. The second-order valence-corrected chi connectivity index (χ2v) is 12.5. The molecule has 0 radical (unpaired) electrons. The third kappa shape index (κ3) is 3.91. The van der Waals surface area contributed by atoms with Crippen molar-refractivity contribution in [1.29, 1.82) is 0 Å². The van der Waals surface area contributed by atoms with E-state index in [2.05, 4.69) is 6.58 Å². The molecule has 8 heteroatoms. The van der Waals surface area contributed by atoms with Crippen LogP contribution >= 0.6 is 0 Å². The lowest BCUT2D eigenvalue weighted by molar-refractivity contribution is -0.370. The van der Waals surface area contributed by atoms with E-state index in [1.54, 1.807) is 13.8 Å². The van der Waals surface area contributed by atoms with E-state index in [0.717, 1.165) is 5.56 Å². The Kier molecular flexibility index (Phi) is 6.78. The van der Waals surface area contributed by atoms with Crippen LogP contribution in [0.5, 0.6) is 0 Å². The number of ketones is 1. The van der Waals surface area contributed by atoms with Gasteiger partial charge in [-0.05, 0) is 44.1 Å². The van der Waals surface area contributed by atoms with Crippen molar-refractivity contribution in [2.75, 3.05) is 0 Å². The highest BCUT2D eigenvalue weighted by molar-refractivity contribution is 5.92. The summed E-state index contributed by atoms with van der Waals surface area (Å²) in [6.07, 6.45) is -1.50. The van der Waals surface area contributed by atoms with Crippen LogP contribution in [0.25, 0.3) is 0 Å². The zero-order chi connectivity index (χ0) is 27.6. The van der Waals surface area contributed by atoms with E-state index in [4.69, 9.17) is 15.2 Å². The SMILES string of the molecule is C=C[C@@]1(C)CC(=O)[C@]2(O)[C@@]3(C)[C@@H](O)CCC(C)(C)[C@@H]3[C@H](O)[C@H](OC(=O)C(N)Cc3ccccc3)[C@@]2(C)O1. The zero-order valence-electron chi connectivity index (χ0n) is 22.4. The van der Waals surface area contributed by atoms with Crippen molar-refractivity contribution in [1.82, 2.24) is 0 Å². The number of hydrogen-bond donors (Lipinski definition) is 4. The van der Waals surface area contributed by atoms with Gasteiger partial charge in [0.25, 0.3) is 0 Å². The minimum atomic E-state index is -2.27. The molecular formula is C29H41NO7. The minimum absolute atomic E-state index is 0.178. The van der Waals surface area contributed by atoms with Crippen molar-refractivity contribution >= 4 is 11.8 Å². The van der Waals surface area contributed by atoms with E-state index < -0.39 is 69.7 Å². The second-order valence-electron chi connectivity index (χ2n) is 12.5. The number of rotatable bonds is 5. The molecule has 1 heterocycles. The van der Waals surface area contributed by atoms with Gasteiger partial charge < -0.3 is 30.5 Å². The molecule has 1 unspecified atom stereocenters. The zero-order valence-corrected chi connectivity index (χ0v) is 22.4. The molecule has 9 atom stereocenters. The maximum Gasteiger partial charge on any atom is 0.323 e. The van der Waals surface area contributed by atoms with Crippen LogP contribution in [0.4, 0.5) is 0 Å². The van der Waals surface area contributed by atoms with Gasteiger partial charge in [0.1, 0.15) is 11.6 Å². The molecule has 1 saturated heterocycles. The van der Waals surface area contributed by atoms with Crippen LogP contribution in [-0.4, -0.2) is 68.2 Å². The fourth-order valence-electron chi connectivity index (χ4n) is 7.64. The molecule has 5 N–H and O–H groups in total. The lowest BCUT2D eigenvalue weighted by atomic mass is 9.40. The molecule has 0 spiro atoms. The number of carbonyl (C=O) groups excluding carboxylic acids is 2. The van der Waals surface area contributed by atoms with Crippen molar-refractivity contribution in [3.05, 3.63) is 48.6 Å². The summed E-state index contributed by atoms with van der Waals surface area (Å²) in [5.74, 6) is -2.11. The summed E-state index contributed by atoms with van der Waals surface area (Å²) < 4.78 is 12.3. The van der Waals surface area contributed by atoms with Gasteiger partial charge in [-0.2, -0.15) is 0 Å². The van der Waals surface area contributed by atoms with Crippen LogP contribution in [0.15, 0.2) is 43.0 Å². The van der Waals surface area contributed by atoms with E-state index in [-0.39, 0.29) is 12.8 Å². The Morgan fingerprint density at radius 2 is 1.84 bits per heavy atom. The Hall–Kier alpha value is -2.10. The largest absolute Gasteiger partial charge is 0.455 e. The predicted octanol–water partition coefficient (Wildman–Crippen LogP) is 2.07. The molecule has 2 aliphatic carbocycles. The molecule has 3 aliphatic rings. The highest BCUT2D eigenvalue weighted by Crippen LogP contribution is 2.67. The fraction of sp³-hybridized carbons (Fsp3) is 0.655. The topological polar surface area (TPSA) is 139 Å². The molecule has 4 rings (SSSR count). The molecule has 8 nitrogen and oxygen atoms in total. The highest BCUT2D eigenvalue weighted by atomic mass is 16.6. The Balaban J connectivity index is 1.81. The van der Waals surface area contributed by atoms with Gasteiger partial charge in [-0.1, -0.05) is 57.2 Å². The maximum absolute atomic E-state index is 13.9. The fourth-order valence-corrected chi connectivity index (χ4v) is 7.64. The number of carbonyl (C=O) groups is 2. The quantitative estimate of drug-likeness (QED) is 0.345. The first-order chi connectivity index (χ1) is 17.1. The summed E-state index contributed by atoms with van der Waals surface area (Å²) in [5, 5.41) is 35.7. The third-order valence-electron chi connectivity index (χ3n) is 9.57. The molecule has 37 heavy (non-hydrogen) atoms. The van der Waals surface area contributed by atoms with Crippen LogP contribution in [0.1, 0.15) is 59.4 Å². The minimum Gasteiger partial charge on any atom is -0.455 e. The summed E-state index contributed by atoms with van der Waals surface area (Å²) in [6, 6.07) is 8.19. The lowest BCUT2D eigenvalue weighted by Gasteiger charge is -2.71. The van der Waals surface area contributed by atoms with Crippen molar-refractivity contribution in [2.45, 2.75) is 101 Å². The Morgan fingerprint density at radius 1 is 1.22 bits per heavy atom. The molecule has 3 fully saturated rings. The first-order valence-electron chi connectivity index (χ1n) is 13.0. The molecule has 1 aromatic carbocycles. The number of fused-ring (bicyclic) bond motifs is 3. The number of ether oxygens (including phenoxy) is 2. The Labute approximate surface area is 218 Å². The van der Waals surface area contributed by atoms with Crippen molar-refractivity contribution in [3.8, 4) is 0 Å². The third-order valence-corrected chi connectivity index (χ3v) is 9.57. The second kappa shape index (κ2) is 8.99. The number of Topliss-reactive ketones (excluding diaryl/α,β-unsaturated/α-hetero) is 1. The molecule has 1 aromatic rings. The standard InChI is InChI=1S/C29H41NO7/c1-7-26(4)16-20(32)29(35)27(5)19(31)13-14-25(2,3)22(27)21(33)23(28(29,6)37-26)36-24(34)18(30)15-17-11-9-8-10-12-17/h7-12,18-19,21-23,31,33,35H,1,13-16,30H2,2-6H3/t18?,19-,21-,22-,23-,26-,27-,28+,29-/m0/s1. The summed E-state index contributed by atoms with van der Waals surface area (Å²) in [5.41, 5.74) is -0.369. The van der Waals surface area contributed by atoms with Crippen LogP contribution in [0.2, 0.25) is 0 Å². The smallest absolute Gasteiger partial charge is 0.323 e. The van der Waals surface area contributed by atoms with E-state index in [9.17, 15) is 24.9 Å². The number of hydrogen-bond acceptors (Lipinski definition) is 8. The van der Waals surface area contributed by atoms with Crippen molar-refractivity contribution in [2.24, 2.45) is 22.5 Å². The predicted molar refractivity (Wildman–Crippen MR) is 137 cm³/mol. The maximum atomic E-state index is 13.9. The van der Waals surface area contributed by atoms with E-state index >= 15 is 0 Å². The summed E-state index contributed by atoms with van der Waals surface area (Å²) in [7, 11) is 0. The first-order valence-corrected chi connectivity index (χ1v) is 13.0. The Morgan fingerprint density at radius 3 is 2.43 bits per heavy atom. The van der Waals surface area contributed by atoms with E-state index in [1.165, 1.54) is 13.0 Å². The molecule has 0 bridgehead atoms. The summed E-state index contributed by atoms with van der Waals surface area (Å²) >= 11 is 0. The van der Waals surface area contributed by atoms with Gasteiger partial charge in [0, 0.05) is 17.8 Å². The van der Waals surface area contributed by atoms with Gasteiger partial charge in [-0.15, -0.1) is 6.58 Å². The van der Waals surface area contributed by atoms with E-state index in [0.29, 0.717) is 12.8 Å². The summed E-state index contributed by atoms with van der Waals surface area (Å²) in [6.45, 7) is 12.4. The monoisotopic (exact) mass is 515 g/mol. The summed E-state index contributed by atoms with van der Waals surface area (Å²) in [4.78, 5) is 27.2. The number of benzene rings is 1. The average molecular weight is 516 g/mol. The van der Waals surface area contributed by atoms with Gasteiger partial charge in [0.15, 0.2) is 17.5 Å². The van der Waals surface area contributed by atoms with E-state index in [1.807, 2.05) is 44.2 Å². The van der Waals surface area contributed by atoms with Gasteiger partial charge in [-0.25, -0.2) is 0 Å². The molecular weight excluding hydrogens is 474 g/mol. The van der Waals surface area contributed by atoms with Gasteiger partial charge in [-0.3, -0.25) is 9.59 Å². The molecule has 0 aromatic heterocycles. The number of esters is 1. The first kappa shape index (κ1) is 27.9. The van der Waals surface area contributed by atoms with Crippen molar-refractivity contribution < 1.29 is 34.4 Å². The van der Waals surface area contributed by atoms with Gasteiger partial charge in [0.05, 0.1) is 17.8 Å². The number of nitrogens with two attached hydrogens (primary N) is 1. The van der Waals surface area contributed by atoms with Crippen LogP contribution < -0.4 is 5.73 Å². The van der Waals surface area contributed by atoms with Crippen molar-refractivity contribution in [3.63, 3.8) is 0 Å². The van der Waals surface area contributed by atoms with Crippen LogP contribution in [-0.2, 0) is 25.5 Å². The average Bonchev–Trinajstić information content (AvgIpc) is 2.82. The molecule has 204 valence electrons.